The average Bonchev–Trinajstić information content (AvgIpc) is 2.58. The zero-order valence-corrected chi connectivity index (χ0v) is 10.2. The van der Waals surface area contributed by atoms with Crippen molar-refractivity contribution in [3.05, 3.63) is 29.6 Å². The van der Waals surface area contributed by atoms with Gasteiger partial charge in [0, 0.05) is 25.8 Å². The van der Waals surface area contributed by atoms with Crippen molar-refractivity contribution in [1.82, 2.24) is 9.88 Å². The van der Waals surface area contributed by atoms with Crippen LogP contribution < -0.4 is 5.73 Å². The quantitative estimate of drug-likeness (QED) is 0.842. The number of aromatic nitrogens is 1. The molecule has 2 N–H and O–H groups in total. The van der Waals surface area contributed by atoms with Crippen molar-refractivity contribution in [2.24, 2.45) is 11.1 Å². The SMILES string of the molecule is CC1(C)CCN(Cc2ccnc(CN)c2)C1. The molecule has 0 amide bonds. The van der Waals surface area contributed by atoms with Gasteiger partial charge >= 0.3 is 0 Å². The highest BCUT2D eigenvalue weighted by molar-refractivity contribution is 5.16. The Hall–Kier alpha value is -0.930. The van der Waals surface area contributed by atoms with Crippen LogP contribution in [0.25, 0.3) is 0 Å². The van der Waals surface area contributed by atoms with Crippen LogP contribution in [0.15, 0.2) is 18.3 Å². The van der Waals surface area contributed by atoms with E-state index >= 15 is 0 Å². The second-order valence-corrected chi connectivity index (χ2v) is 5.48. The molecule has 0 spiro atoms. The summed E-state index contributed by atoms with van der Waals surface area (Å²) in [5, 5.41) is 0. The number of pyridine rings is 1. The molecule has 0 atom stereocenters. The molecule has 3 nitrogen and oxygen atoms in total. The molecule has 88 valence electrons. The Morgan fingerprint density at radius 1 is 1.50 bits per heavy atom. The van der Waals surface area contributed by atoms with Gasteiger partial charge in [0.1, 0.15) is 0 Å². The zero-order chi connectivity index (χ0) is 11.6. The van der Waals surface area contributed by atoms with Crippen LogP contribution in [-0.2, 0) is 13.1 Å². The van der Waals surface area contributed by atoms with Gasteiger partial charge in [0.05, 0.1) is 5.69 Å². The van der Waals surface area contributed by atoms with Gasteiger partial charge in [-0.2, -0.15) is 0 Å². The third-order valence-electron chi connectivity index (χ3n) is 3.25. The minimum Gasteiger partial charge on any atom is -0.325 e. The molecule has 0 bridgehead atoms. The van der Waals surface area contributed by atoms with Gasteiger partial charge < -0.3 is 5.73 Å². The highest BCUT2D eigenvalue weighted by Crippen LogP contribution is 2.29. The van der Waals surface area contributed by atoms with Crippen LogP contribution in [0.5, 0.6) is 0 Å². The van der Waals surface area contributed by atoms with Gasteiger partial charge in [-0.1, -0.05) is 13.8 Å². The standard InChI is InChI=1S/C13H21N3/c1-13(2)4-6-16(10-13)9-11-3-5-15-12(7-11)8-14/h3,5,7H,4,6,8-10,14H2,1-2H3. The zero-order valence-electron chi connectivity index (χ0n) is 10.2. The molecule has 16 heavy (non-hydrogen) atoms. The molecule has 2 rings (SSSR count). The molecule has 1 aromatic rings. The molecule has 0 aliphatic carbocycles. The monoisotopic (exact) mass is 219 g/mol. The molecule has 1 saturated heterocycles. The summed E-state index contributed by atoms with van der Waals surface area (Å²) >= 11 is 0. The van der Waals surface area contributed by atoms with Crippen LogP contribution in [0.3, 0.4) is 0 Å². The Bertz CT molecular complexity index is 360. The summed E-state index contributed by atoms with van der Waals surface area (Å²) in [5.41, 5.74) is 8.38. The minimum absolute atomic E-state index is 0.476. The van der Waals surface area contributed by atoms with Crippen LogP contribution >= 0.6 is 0 Å². The van der Waals surface area contributed by atoms with E-state index in [4.69, 9.17) is 5.73 Å². The largest absolute Gasteiger partial charge is 0.325 e. The Balaban J connectivity index is 1.99. The van der Waals surface area contributed by atoms with Crippen molar-refractivity contribution in [2.75, 3.05) is 13.1 Å². The number of nitrogens with two attached hydrogens (primary N) is 1. The number of rotatable bonds is 3. The van der Waals surface area contributed by atoms with Crippen molar-refractivity contribution in [2.45, 2.75) is 33.4 Å². The predicted octanol–water partition coefficient (Wildman–Crippen LogP) is 1.77. The molecule has 1 aliphatic rings. The molecule has 1 aliphatic heterocycles. The van der Waals surface area contributed by atoms with Crippen molar-refractivity contribution in [1.29, 1.82) is 0 Å². The molecule has 1 aromatic heterocycles. The fraction of sp³-hybridized carbons (Fsp3) is 0.615. The second-order valence-electron chi connectivity index (χ2n) is 5.48. The lowest BCUT2D eigenvalue weighted by Gasteiger charge is -2.19. The van der Waals surface area contributed by atoms with E-state index in [-0.39, 0.29) is 0 Å². The Morgan fingerprint density at radius 2 is 2.31 bits per heavy atom. The lowest BCUT2D eigenvalue weighted by atomic mass is 9.93. The summed E-state index contributed by atoms with van der Waals surface area (Å²) in [7, 11) is 0. The first kappa shape index (κ1) is 11.6. The van der Waals surface area contributed by atoms with Gasteiger partial charge in [0.2, 0.25) is 0 Å². The maximum Gasteiger partial charge on any atom is 0.0542 e. The smallest absolute Gasteiger partial charge is 0.0542 e. The average molecular weight is 219 g/mol. The lowest BCUT2D eigenvalue weighted by molar-refractivity contribution is 0.284. The molecule has 0 radical (unpaired) electrons. The molecule has 0 aromatic carbocycles. The van der Waals surface area contributed by atoms with Crippen molar-refractivity contribution < 1.29 is 0 Å². The third-order valence-corrected chi connectivity index (χ3v) is 3.25. The first-order valence-electron chi connectivity index (χ1n) is 5.95. The highest BCUT2D eigenvalue weighted by atomic mass is 15.1. The number of hydrogen-bond acceptors (Lipinski definition) is 3. The van der Waals surface area contributed by atoms with E-state index in [9.17, 15) is 0 Å². The molecular weight excluding hydrogens is 198 g/mol. The molecule has 0 saturated carbocycles. The predicted molar refractivity (Wildman–Crippen MR) is 65.8 cm³/mol. The molecule has 2 heterocycles. The van der Waals surface area contributed by atoms with E-state index in [0.717, 1.165) is 12.2 Å². The van der Waals surface area contributed by atoms with E-state index < -0.39 is 0 Å². The summed E-state index contributed by atoms with van der Waals surface area (Å²) in [6, 6.07) is 4.20. The fourth-order valence-electron chi connectivity index (χ4n) is 2.36. The van der Waals surface area contributed by atoms with Crippen molar-refractivity contribution in [3.8, 4) is 0 Å². The second kappa shape index (κ2) is 4.52. The first-order chi connectivity index (χ1) is 7.59. The molecule has 0 unspecified atom stereocenters. The van der Waals surface area contributed by atoms with Gasteiger partial charge in [-0.3, -0.25) is 9.88 Å². The van der Waals surface area contributed by atoms with E-state index in [1.807, 2.05) is 6.20 Å². The Morgan fingerprint density at radius 3 is 2.94 bits per heavy atom. The van der Waals surface area contributed by atoms with Gasteiger partial charge in [-0.05, 0) is 36.1 Å². The van der Waals surface area contributed by atoms with Crippen LogP contribution in [0.2, 0.25) is 0 Å². The van der Waals surface area contributed by atoms with E-state index in [0.29, 0.717) is 12.0 Å². The topological polar surface area (TPSA) is 42.2 Å². The summed E-state index contributed by atoms with van der Waals surface area (Å²) in [4.78, 5) is 6.73. The first-order valence-corrected chi connectivity index (χ1v) is 5.95. The van der Waals surface area contributed by atoms with E-state index in [2.05, 4.69) is 35.9 Å². The number of likely N-dealkylation sites (tertiary alicyclic amines) is 1. The number of nitrogens with zero attached hydrogens (tertiary/aromatic N) is 2. The highest BCUT2D eigenvalue weighted by Gasteiger charge is 2.28. The lowest BCUT2D eigenvalue weighted by Crippen LogP contribution is -2.23. The van der Waals surface area contributed by atoms with Gasteiger partial charge in [-0.25, -0.2) is 0 Å². The Labute approximate surface area is 97.7 Å². The third kappa shape index (κ3) is 2.80. The number of hydrogen-bond donors (Lipinski definition) is 1. The minimum atomic E-state index is 0.476. The molecular formula is C13H21N3. The van der Waals surface area contributed by atoms with E-state index in [1.54, 1.807) is 0 Å². The van der Waals surface area contributed by atoms with Gasteiger partial charge in [-0.15, -0.1) is 0 Å². The van der Waals surface area contributed by atoms with Crippen LogP contribution in [0.4, 0.5) is 0 Å². The summed E-state index contributed by atoms with van der Waals surface area (Å²) in [6.07, 6.45) is 3.15. The molecule has 1 fully saturated rings. The van der Waals surface area contributed by atoms with Crippen LogP contribution in [0.1, 0.15) is 31.5 Å². The van der Waals surface area contributed by atoms with Crippen LogP contribution in [0, 0.1) is 5.41 Å². The maximum absolute atomic E-state index is 5.59. The summed E-state index contributed by atoms with van der Waals surface area (Å²) in [6.45, 7) is 8.62. The fourth-order valence-corrected chi connectivity index (χ4v) is 2.36. The normalized spacial score (nSPS) is 20.2. The maximum atomic E-state index is 5.59. The summed E-state index contributed by atoms with van der Waals surface area (Å²) < 4.78 is 0. The van der Waals surface area contributed by atoms with Crippen LogP contribution in [-0.4, -0.2) is 23.0 Å². The summed E-state index contributed by atoms with van der Waals surface area (Å²) in [5.74, 6) is 0. The molecule has 3 heteroatoms. The van der Waals surface area contributed by atoms with Gasteiger partial charge in [0.15, 0.2) is 0 Å². The van der Waals surface area contributed by atoms with Gasteiger partial charge in [0.25, 0.3) is 0 Å². The van der Waals surface area contributed by atoms with Crippen molar-refractivity contribution in [3.63, 3.8) is 0 Å². The van der Waals surface area contributed by atoms with Crippen molar-refractivity contribution >= 4 is 0 Å². The van der Waals surface area contributed by atoms with E-state index in [1.165, 1.54) is 25.1 Å². The Kier molecular flexibility index (Phi) is 3.26.